The molecule has 1 saturated carbocycles. The van der Waals surface area contributed by atoms with Gasteiger partial charge in [0.15, 0.2) is 0 Å². The van der Waals surface area contributed by atoms with Crippen molar-refractivity contribution in [3.8, 4) is 5.75 Å². The maximum atomic E-state index is 11.9. The second kappa shape index (κ2) is 5.53. The Morgan fingerprint density at radius 3 is 2.71 bits per heavy atom. The van der Waals surface area contributed by atoms with E-state index >= 15 is 0 Å². The van der Waals surface area contributed by atoms with Crippen molar-refractivity contribution in [3.05, 3.63) is 22.7 Å². The maximum absolute atomic E-state index is 11.9. The number of ether oxygens (including phenoxy) is 1. The van der Waals surface area contributed by atoms with Crippen molar-refractivity contribution < 1.29 is 8.95 Å². The lowest BCUT2D eigenvalue weighted by Gasteiger charge is -2.10. The topological polar surface area (TPSA) is 26.3 Å². The van der Waals surface area contributed by atoms with Crippen LogP contribution < -0.4 is 4.74 Å². The lowest BCUT2D eigenvalue weighted by Crippen LogP contribution is -2.06. The molecule has 0 saturated heterocycles. The number of hydrogen-bond donors (Lipinski definition) is 0. The van der Waals surface area contributed by atoms with E-state index in [0.717, 1.165) is 27.6 Å². The van der Waals surface area contributed by atoms with Gasteiger partial charge in [0, 0.05) is 10.1 Å². The third kappa shape index (κ3) is 3.55. The van der Waals surface area contributed by atoms with E-state index in [1.54, 1.807) is 0 Å². The van der Waals surface area contributed by atoms with Gasteiger partial charge in [0.2, 0.25) is 0 Å². The van der Waals surface area contributed by atoms with Gasteiger partial charge in [-0.1, -0.05) is 13.8 Å². The van der Waals surface area contributed by atoms with Crippen LogP contribution in [-0.2, 0) is 10.8 Å². The Hall–Kier alpha value is -0.350. The second-order valence-electron chi connectivity index (χ2n) is 4.69. The van der Waals surface area contributed by atoms with Crippen molar-refractivity contribution >= 4 is 26.7 Å². The zero-order valence-corrected chi connectivity index (χ0v) is 12.5. The molecule has 94 valence electrons. The minimum Gasteiger partial charge on any atom is -0.492 e. The zero-order chi connectivity index (χ0) is 12.4. The van der Waals surface area contributed by atoms with E-state index < -0.39 is 10.8 Å². The predicted molar refractivity (Wildman–Crippen MR) is 73.9 cm³/mol. The smallest absolute Gasteiger partial charge is 0.133 e. The van der Waals surface area contributed by atoms with E-state index in [9.17, 15) is 4.21 Å². The van der Waals surface area contributed by atoms with Crippen LogP contribution in [0.3, 0.4) is 0 Å². The molecule has 0 bridgehead atoms. The maximum Gasteiger partial charge on any atom is 0.133 e. The molecule has 1 aromatic carbocycles. The molecule has 0 radical (unpaired) electrons. The van der Waals surface area contributed by atoms with Crippen LogP contribution in [0.25, 0.3) is 0 Å². The molecule has 0 N–H and O–H groups in total. The zero-order valence-electron chi connectivity index (χ0n) is 10.1. The quantitative estimate of drug-likeness (QED) is 0.827. The largest absolute Gasteiger partial charge is 0.492 e. The molecule has 4 heteroatoms. The Kier molecular flexibility index (Phi) is 4.26. The predicted octanol–water partition coefficient (Wildman–Crippen LogP) is 3.75. The van der Waals surface area contributed by atoms with Gasteiger partial charge < -0.3 is 4.74 Å². The SMILES string of the molecule is CC(C)S(=O)c1ccc(OCC2CC2)c(Br)c1. The highest BCUT2D eigenvalue weighted by molar-refractivity contribution is 9.10. The number of rotatable bonds is 5. The summed E-state index contributed by atoms with van der Waals surface area (Å²) in [5, 5.41) is 0.139. The van der Waals surface area contributed by atoms with E-state index in [-0.39, 0.29) is 5.25 Å². The average Bonchev–Trinajstić information content (AvgIpc) is 3.10. The van der Waals surface area contributed by atoms with Crippen molar-refractivity contribution in [2.45, 2.75) is 36.8 Å². The van der Waals surface area contributed by atoms with Crippen LogP contribution in [0.5, 0.6) is 5.75 Å². The first-order chi connectivity index (χ1) is 8.08. The molecule has 1 aliphatic rings. The van der Waals surface area contributed by atoms with Crippen LogP contribution in [0.15, 0.2) is 27.6 Å². The lowest BCUT2D eigenvalue weighted by atomic mass is 10.3. The van der Waals surface area contributed by atoms with Crippen molar-refractivity contribution in [1.29, 1.82) is 0 Å². The summed E-state index contributed by atoms with van der Waals surface area (Å²) < 4.78 is 18.5. The van der Waals surface area contributed by atoms with E-state index in [1.165, 1.54) is 12.8 Å². The number of hydrogen-bond acceptors (Lipinski definition) is 2. The van der Waals surface area contributed by atoms with E-state index in [0.29, 0.717) is 0 Å². The third-order valence-corrected chi connectivity index (χ3v) is 4.93. The summed E-state index contributed by atoms with van der Waals surface area (Å²) in [5.41, 5.74) is 0. The minimum absolute atomic E-state index is 0.139. The number of benzene rings is 1. The summed E-state index contributed by atoms with van der Waals surface area (Å²) in [6.07, 6.45) is 2.57. The molecule has 1 unspecified atom stereocenters. The highest BCUT2D eigenvalue weighted by Crippen LogP contribution is 2.32. The van der Waals surface area contributed by atoms with Gasteiger partial charge in [0.25, 0.3) is 0 Å². The Morgan fingerprint density at radius 1 is 1.47 bits per heavy atom. The first-order valence-electron chi connectivity index (χ1n) is 5.91. The molecule has 1 aliphatic carbocycles. The molecule has 1 aromatic rings. The number of halogens is 1. The summed E-state index contributed by atoms with van der Waals surface area (Å²) in [6.45, 7) is 4.72. The van der Waals surface area contributed by atoms with Gasteiger partial charge in [0.1, 0.15) is 5.75 Å². The molecule has 0 amide bonds. The first kappa shape index (κ1) is 13.1. The summed E-state index contributed by atoms with van der Waals surface area (Å²) in [6, 6.07) is 5.70. The summed E-state index contributed by atoms with van der Waals surface area (Å²) >= 11 is 3.48. The van der Waals surface area contributed by atoms with Crippen LogP contribution >= 0.6 is 15.9 Å². The van der Waals surface area contributed by atoms with Crippen molar-refractivity contribution in [2.75, 3.05) is 6.61 Å². The second-order valence-corrected chi connectivity index (χ2v) is 7.56. The molecule has 1 fully saturated rings. The Labute approximate surface area is 113 Å². The van der Waals surface area contributed by atoms with Gasteiger partial charge >= 0.3 is 0 Å². The van der Waals surface area contributed by atoms with Gasteiger partial charge in [-0.2, -0.15) is 0 Å². The van der Waals surface area contributed by atoms with Crippen LogP contribution in [0.4, 0.5) is 0 Å². The van der Waals surface area contributed by atoms with Crippen LogP contribution in [0, 0.1) is 5.92 Å². The highest BCUT2D eigenvalue weighted by Gasteiger charge is 2.22. The molecular weight excluding hydrogens is 300 g/mol. The summed E-state index contributed by atoms with van der Waals surface area (Å²) in [5.74, 6) is 1.59. The fourth-order valence-electron chi connectivity index (χ4n) is 1.49. The first-order valence-corrected chi connectivity index (χ1v) is 7.91. The Bertz CT molecular complexity index is 427. The molecular formula is C13H17BrO2S. The van der Waals surface area contributed by atoms with Crippen molar-refractivity contribution in [3.63, 3.8) is 0 Å². The fourth-order valence-corrected chi connectivity index (χ4v) is 3.11. The van der Waals surface area contributed by atoms with Gasteiger partial charge in [-0.05, 0) is 52.9 Å². The molecule has 17 heavy (non-hydrogen) atoms. The van der Waals surface area contributed by atoms with E-state index in [1.807, 2.05) is 32.0 Å². The molecule has 0 spiro atoms. The lowest BCUT2D eigenvalue weighted by molar-refractivity contribution is 0.298. The van der Waals surface area contributed by atoms with Crippen LogP contribution in [-0.4, -0.2) is 16.1 Å². The van der Waals surface area contributed by atoms with Crippen LogP contribution in [0.2, 0.25) is 0 Å². The van der Waals surface area contributed by atoms with E-state index in [4.69, 9.17) is 4.74 Å². The summed E-state index contributed by atoms with van der Waals surface area (Å²) in [4.78, 5) is 0.852. The normalized spacial score (nSPS) is 17.2. The molecule has 1 atom stereocenters. The van der Waals surface area contributed by atoms with Gasteiger partial charge in [0.05, 0.1) is 21.9 Å². The average molecular weight is 317 g/mol. The monoisotopic (exact) mass is 316 g/mol. The molecule has 0 aromatic heterocycles. The molecule has 0 aliphatic heterocycles. The summed E-state index contributed by atoms with van der Waals surface area (Å²) in [7, 11) is -0.940. The van der Waals surface area contributed by atoms with Crippen molar-refractivity contribution in [2.24, 2.45) is 5.92 Å². The minimum atomic E-state index is -0.940. The fraction of sp³-hybridized carbons (Fsp3) is 0.538. The van der Waals surface area contributed by atoms with E-state index in [2.05, 4.69) is 15.9 Å². The Balaban J connectivity index is 2.07. The Morgan fingerprint density at radius 2 is 2.18 bits per heavy atom. The van der Waals surface area contributed by atoms with Crippen molar-refractivity contribution in [1.82, 2.24) is 0 Å². The third-order valence-electron chi connectivity index (χ3n) is 2.74. The van der Waals surface area contributed by atoms with Gasteiger partial charge in [-0.25, -0.2) is 0 Å². The van der Waals surface area contributed by atoms with Crippen LogP contribution in [0.1, 0.15) is 26.7 Å². The van der Waals surface area contributed by atoms with Gasteiger partial charge in [-0.3, -0.25) is 4.21 Å². The van der Waals surface area contributed by atoms with Gasteiger partial charge in [-0.15, -0.1) is 0 Å². The molecule has 2 nitrogen and oxygen atoms in total. The molecule has 0 heterocycles. The molecule has 2 rings (SSSR count). The highest BCUT2D eigenvalue weighted by atomic mass is 79.9. The standard InChI is InChI=1S/C13H17BrO2S/c1-9(2)17(15)11-5-6-13(12(14)7-11)16-8-10-3-4-10/h5-7,9-10H,3-4,8H2,1-2H3.